The molecule has 1 atom stereocenters. The second-order valence-corrected chi connectivity index (χ2v) is 8.03. The molecule has 0 radical (unpaired) electrons. The van der Waals surface area contributed by atoms with Gasteiger partial charge in [0, 0.05) is 4.88 Å². The molecular weight excluding hydrogens is 385 g/mol. The van der Waals surface area contributed by atoms with E-state index in [1.54, 1.807) is 4.90 Å². The van der Waals surface area contributed by atoms with Crippen LogP contribution in [0.15, 0.2) is 70.8 Å². The molecule has 1 N–H and O–H groups in total. The van der Waals surface area contributed by atoms with E-state index in [0.717, 1.165) is 23.5 Å². The minimum atomic E-state index is -1.40. The quantitative estimate of drug-likeness (QED) is 0.350. The molecule has 1 unspecified atom stereocenters. The van der Waals surface area contributed by atoms with E-state index in [9.17, 15) is 9.18 Å². The van der Waals surface area contributed by atoms with Gasteiger partial charge in [-0.15, -0.1) is 23.1 Å². The molecule has 7 heteroatoms. The number of ether oxygens (including phenoxy) is 1. The summed E-state index contributed by atoms with van der Waals surface area (Å²) in [5, 5.41) is 11.5. The standard InChI is InChI=1S/C20H20FNO3S2/c21-18-11-10-17(25-20(23)24)19(22(18)14-16-9-5-12-26-16)27-13-4-8-15-6-2-1-3-7-15/h1-3,5-7,9-12,18H,4,8,13-14H2,(H,23,24). The summed E-state index contributed by atoms with van der Waals surface area (Å²) < 4.78 is 19.5. The smallest absolute Gasteiger partial charge is 0.449 e. The molecule has 4 nitrogen and oxygen atoms in total. The first-order valence-electron chi connectivity index (χ1n) is 8.56. The van der Waals surface area contributed by atoms with Crippen LogP contribution in [0.2, 0.25) is 0 Å². The molecule has 1 aliphatic heterocycles. The van der Waals surface area contributed by atoms with Gasteiger partial charge in [-0.05, 0) is 47.8 Å². The Bertz CT molecular complexity index is 806. The van der Waals surface area contributed by atoms with Gasteiger partial charge >= 0.3 is 6.16 Å². The number of carboxylic acid groups (broad SMARTS) is 1. The molecule has 2 aromatic rings. The fraction of sp³-hybridized carbons (Fsp3) is 0.250. The van der Waals surface area contributed by atoms with Crippen molar-refractivity contribution in [1.29, 1.82) is 0 Å². The Morgan fingerprint density at radius 3 is 2.78 bits per heavy atom. The minimum Gasteiger partial charge on any atom is -0.449 e. The van der Waals surface area contributed by atoms with E-state index in [1.165, 1.54) is 40.8 Å². The van der Waals surface area contributed by atoms with E-state index < -0.39 is 12.5 Å². The summed E-state index contributed by atoms with van der Waals surface area (Å²) in [7, 11) is 0. The highest BCUT2D eigenvalue weighted by atomic mass is 32.2. The number of hydrogen-bond donors (Lipinski definition) is 1. The molecule has 0 aliphatic carbocycles. The van der Waals surface area contributed by atoms with Crippen molar-refractivity contribution < 1.29 is 19.0 Å². The monoisotopic (exact) mass is 405 g/mol. The highest BCUT2D eigenvalue weighted by Crippen LogP contribution is 2.34. The van der Waals surface area contributed by atoms with Gasteiger partial charge in [0.15, 0.2) is 12.1 Å². The number of hydrogen-bond acceptors (Lipinski definition) is 5. The summed E-state index contributed by atoms with van der Waals surface area (Å²) in [5.74, 6) is 0.913. The number of benzene rings is 1. The van der Waals surface area contributed by atoms with Crippen LogP contribution in [-0.2, 0) is 17.7 Å². The third kappa shape index (κ3) is 5.61. The normalized spacial score (nSPS) is 16.6. The second kappa shape index (κ2) is 9.62. The summed E-state index contributed by atoms with van der Waals surface area (Å²) >= 11 is 2.97. The highest BCUT2D eigenvalue weighted by Gasteiger charge is 2.27. The highest BCUT2D eigenvalue weighted by molar-refractivity contribution is 8.03. The van der Waals surface area contributed by atoms with Crippen molar-refractivity contribution in [2.24, 2.45) is 0 Å². The molecule has 0 saturated carbocycles. The number of thioether (sulfide) groups is 1. The van der Waals surface area contributed by atoms with Crippen LogP contribution in [0.4, 0.5) is 9.18 Å². The Balaban J connectivity index is 1.70. The lowest BCUT2D eigenvalue weighted by atomic mass is 10.1. The van der Waals surface area contributed by atoms with E-state index in [-0.39, 0.29) is 5.76 Å². The van der Waals surface area contributed by atoms with Gasteiger partial charge in [0.25, 0.3) is 0 Å². The Morgan fingerprint density at radius 1 is 1.26 bits per heavy atom. The number of carbonyl (C=O) groups is 1. The van der Waals surface area contributed by atoms with Crippen molar-refractivity contribution >= 4 is 29.3 Å². The van der Waals surface area contributed by atoms with Crippen LogP contribution in [0.1, 0.15) is 16.9 Å². The number of rotatable bonds is 8. The number of halogens is 1. The lowest BCUT2D eigenvalue weighted by Gasteiger charge is -2.31. The van der Waals surface area contributed by atoms with Gasteiger partial charge in [-0.1, -0.05) is 36.4 Å². The molecule has 3 rings (SSSR count). The third-order valence-corrected chi connectivity index (χ3v) is 6.03. The van der Waals surface area contributed by atoms with Gasteiger partial charge in [-0.25, -0.2) is 9.18 Å². The van der Waals surface area contributed by atoms with Gasteiger partial charge in [0.2, 0.25) is 0 Å². The average Bonchev–Trinajstić information content (AvgIpc) is 3.17. The SMILES string of the molecule is O=C(O)OC1=C(SCCCc2ccccc2)N(Cc2cccs2)C(F)C=C1. The predicted octanol–water partition coefficient (Wildman–Crippen LogP) is 5.65. The summed E-state index contributed by atoms with van der Waals surface area (Å²) in [6.45, 7) is 0.372. The van der Waals surface area contributed by atoms with E-state index >= 15 is 0 Å². The van der Waals surface area contributed by atoms with Crippen LogP contribution < -0.4 is 0 Å². The van der Waals surface area contributed by atoms with E-state index in [4.69, 9.17) is 9.84 Å². The topological polar surface area (TPSA) is 49.8 Å². The maximum Gasteiger partial charge on any atom is 0.511 e. The zero-order valence-corrected chi connectivity index (χ0v) is 16.2. The lowest BCUT2D eigenvalue weighted by molar-refractivity contribution is 0.110. The van der Waals surface area contributed by atoms with Crippen molar-refractivity contribution in [2.45, 2.75) is 25.7 Å². The average molecular weight is 406 g/mol. The molecule has 1 aliphatic rings. The largest absolute Gasteiger partial charge is 0.511 e. The lowest BCUT2D eigenvalue weighted by Crippen LogP contribution is -2.32. The first kappa shape index (κ1) is 19.5. The summed E-state index contributed by atoms with van der Waals surface area (Å²) in [4.78, 5) is 13.6. The molecule has 1 aromatic heterocycles. The van der Waals surface area contributed by atoms with E-state index in [1.807, 2.05) is 35.7 Å². The minimum absolute atomic E-state index is 0.178. The number of allylic oxidation sites excluding steroid dienone is 1. The Labute approximate surface area is 166 Å². The molecule has 0 amide bonds. The van der Waals surface area contributed by atoms with Crippen LogP contribution in [-0.4, -0.2) is 28.2 Å². The maximum atomic E-state index is 14.6. The fourth-order valence-electron chi connectivity index (χ4n) is 2.74. The van der Waals surface area contributed by atoms with Crippen LogP contribution in [0.25, 0.3) is 0 Å². The molecule has 142 valence electrons. The molecule has 27 heavy (non-hydrogen) atoms. The molecular formula is C20H20FNO3S2. The van der Waals surface area contributed by atoms with Crippen molar-refractivity contribution in [2.75, 3.05) is 5.75 Å². The summed E-state index contributed by atoms with van der Waals surface area (Å²) in [5.41, 5.74) is 1.25. The van der Waals surface area contributed by atoms with E-state index in [2.05, 4.69) is 12.1 Å². The van der Waals surface area contributed by atoms with Crippen molar-refractivity contribution in [3.63, 3.8) is 0 Å². The summed E-state index contributed by atoms with van der Waals surface area (Å²) in [6.07, 6.45) is 1.82. The molecule has 1 aromatic carbocycles. The summed E-state index contributed by atoms with van der Waals surface area (Å²) in [6, 6.07) is 14.0. The van der Waals surface area contributed by atoms with Crippen molar-refractivity contribution in [1.82, 2.24) is 4.90 Å². The Morgan fingerprint density at radius 2 is 2.07 bits per heavy atom. The Hall–Kier alpha value is -2.25. The van der Waals surface area contributed by atoms with Crippen LogP contribution in [0.3, 0.4) is 0 Å². The zero-order valence-electron chi connectivity index (χ0n) is 14.6. The number of aryl methyl sites for hydroxylation is 1. The van der Waals surface area contributed by atoms with Crippen LogP contribution in [0, 0.1) is 0 Å². The third-order valence-electron chi connectivity index (χ3n) is 3.97. The maximum absolute atomic E-state index is 14.6. The van der Waals surface area contributed by atoms with Gasteiger partial charge in [-0.2, -0.15) is 0 Å². The van der Waals surface area contributed by atoms with Gasteiger partial charge in [0.1, 0.15) is 5.03 Å². The van der Waals surface area contributed by atoms with Gasteiger partial charge in [-0.3, -0.25) is 0 Å². The molecule has 0 saturated heterocycles. The zero-order chi connectivity index (χ0) is 19.1. The van der Waals surface area contributed by atoms with Gasteiger partial charge < -0.3 is 14.7 Å². The van der Waals surface area contributed by atoms with Gasteiger partial charge in [0.05, 0.1) is 6.54 Å². The van der Waals surface area contributed by atoms with Crippen molar-refractivity contribution in [3.8, 4) is 0 Å². The fourth-order valence-corrected chi connectivity index (χ4v) is 4.51. The molecule has 0 bridgehead atoms. The van der Waals surface area contributed by atoms with Crippen LogP contribution >= 0.6 is 23.1 Å². The first-order valence-corrected chi connectivity index (χ1v) is 10.4. The number of nitrogens with zero attached hydrogens (tertiary/aromatic N) is 1. The second-order valence-electron chi connectivity index (χ2n) is 5.91. The number of thiophene rings is 1. The molecule has 0 spiro atoms. The van der Waals surface area contributed by atoms with Crippen LogP contribution in [0.5, 0.6) is 0 Å². The predicted molar refractivity (Wildman–Crippen MR) is 107 cm³/mol. The number of alkyl halides is 1. The van der Waals surface area contributed by atoms with E-state index in [0.29, 0.717) is 11.6 Å². The molecule has 2 heterocycles. The van der Waals surface area contributed by atoms with Crippen molar-refractivity contribution in [3.05, 3.63) is 81.2 Å². The first-order chi connectivity index (χ1) is 13.1. The molecule has 0 fully saturated rings. The Kier molecular flexibility index (Phi) is 6.95.